The Morgan fingerprint density at radius 1 is 1.32 bits per heavy atom. The SMILES string of the molecule is CCn1cc(CC(NN)c2cc(F)cc(F)c2)cn1. The van der Waals surface area contributed by atoms with Crippen molar-refractivity contribution in [2.45, 2.75) is 25.9 Å². The molecular weight excluding hydrogens is 250 g/mol. The van der Waals surface area contributed by atoms with Gasteiger partial charge in [0.2, 0.25) is 0 Å². The lowest BCUT2D eigenvalue weighted by Gasteiger charge is -2.15. The molecule has 1 unspecified atom stereocenters. The van der Waals surface area contributed by atoms with Gasteiger partial charge in [0, 0.05) is 18.8 Å². The van der Waals surface area contributed by atoms with E-state index in [-0.39, 0.29) is 6.04 Å². The molecule has 0 radical (unpaired) electrons. The largest absolute Gasteiger partial charge is 0.273 e. The normalized spacial score (nSPS) is 12.6. The molecule has 1 aromatic heterocycles. The molecule has 0 amide bonds. The molecule has 1 heterocycles. The van der Waals surface area contributed by atoms with E-state index in [1.807, 2.05) is 13.1 Å². The van der Waals surface area contributed by atoms with Crippen LogP contribution in [0.4, 0.5) is 8.78 Å². The second-order valence-electron chi connectivity index (χ2n) is 4.33. The number of hydrogen-bond acceptors (Lipinski definition) is 3. The number of nitrogens with two attached hydrogens (primary N) is 1. The summed E-state index contributed by atoms with van der Waals surface area (Å²) in [7, 11) is 0. The van der Waals surface area contributed by atoms with Crippen molar-refractivity contribution in [3.63, 3.8) is 0 Å². The molecule has 4 nitrogen and oxygen atoms in total. The van der Waals surface area contributed by atoms with Gasteiger partial charge >= 0.3 is 0 Å². The molecule has 19 heavy (non-hydrogen) atoms. The molecule has 0 aliphatic carbocycles. The molecule has 0 fully saturated rings. The smallest absolute Gasteiger partial charge is 0.126 e. The van der Waals surface area contributed by atoms with E-state index in [1.165, 1.54) is 12.1 Å². The van der Waals surface area contributed by atoms with Crippen LogP contribution in [0.3, 0.4) is 0 Å². The summed E-state index contributed by atoms with van der Waals surface area (Å²) in [5, 5.41) is 4.15. The summed E-state index contributed by atoms with van der Waals surface area (Å²) in [6, 6.07) is 3.03. The van der Waals surface area contributed by atoms with Crippen LogP contribution in [-0.2, 0) is 13.0 Å². The number of aromatic nitrogens is 2. The molecule has 102 valence electrons. The van der Waals surface area contributed by atoms with Gasteiger partial charge in [-0.05, 0) is 36.6 Å². The van der Waals surface area contributed by atoms with Gasteiger partial charge in [-0.25, -0.2) is 8.78 Å². The van der Waals surface area contributed by atoms with Crippen molar-refractivity contribution in [1.29, 1.82) is 0 Å². The van der Waals surface area contributed by atoms with Crippen LogP contribution in [0.15, 0.2) is 30.6 Å². The number of aryl methyl sites for hydroxylation is 1. The molecule has 0 aliphatic heterocycles. The molecule has 2 aromatic rings. The first-order chi connectivity index (χ1) is 9.12. The third-order valence-electron chi connectivity index (χ3n) is 2.94. The molecule has 6 heteroatoms. The number of rotatable bonds is 5. The number of nitrogens with one attached hydrogen (secondary N) is 1. The van der Waals surface area contributed by atoms with E-state index in [1.54, 1.807) is 10.9 Å². The maximum absolute atomic E-state index is 13.2. The summed E-state index contributed by atoms with van der Waals surface area (Å²) in [6.45, 7) is 2.76. The molecule has 0 spiro atoms. The van der Waals surface area contributed by atoms with Gasteiger partial charge in [-0.2, -0.15) is 5.10 Å². The predicted octanol–water partition coefficient (Wildman–Crippen LogP) is 1.93. The van der Waals surface area contributed by atoms with Gasteiger partial charge in [0.15, 0.2) is 0 Å². The Hall–Kier alpha value is -1.79. The van der Waals surface area contributed by atoms with Crippen molar-refractivity contribution in [3.8, 4) is 0 Å². The number of hydrazine groups is 1. The monoisotopic (exact) mass is 266 g/mol. The van der Waals surface area contributed by atoms with Crippen molar-refractivity contribution in [2.75, 3.05) is 0 Å². The van der Waals surface area contributed by atoms with E-state index >= 15 is 0 Å². The van der Waals surface area contributed by atoms with Crippen LogP contribution in [-0.4, -0.2) is 9.78 Å². The molecule has 1 atom stereocenters. The Balaban J connectivity index is 2.19. The second kappa shape index (κ2) is 5.90. The van der Waals surface area contributed by atoms with Crippen molar-refractivity contribution in [2.24, 2.45) is 5.84 Å². The highest BCUT2D eigenvalue weighted by atomic mass is 19.1. The quantitative estimate of drug-likeness (QED) is 0.642. The van der Waals surface area contributed by atoms with Crippen LogP contribution in [0, 0.1) is 11.6 Å². The van der Waals surface area contributed by atoms with Crippen LogP contribution in [0.2, 0.25) is 0 Å². The third kappa shape index (κ3) is 3.36. The molecule has 0 saturated carbocycles. The zero-order valence-electron chi connectivity index (χ0n) is 10.6. The topological polar surface area (TPSA) is 55.9 Å². The first kappa shape index (κ1) is 13.6. The maximum Gasteiger partial charge on any atom is 0.126 e. The van der Waals surface area contributed by atoms with Crippen LogP contribution in [0.1, 0.15) is 24.1 Å². The first-order valence-electron chi connectivity index (χ1n) is 6.05. The van der Waals surface area contributed by atoms with E-state index in [4.69, 9.17) is 5.84 Å². The number of hydrogen-bond donors (Lipinski definition) is 2. The first-order valence-corrected chi connectivity index (χ1v) is 6.05. The summed E-state index contributed by atoms with van der Waals surface area (Å²) >= 11 is 0. The van der Waals surface area contributed by atoms with Crippen molar-refractivity contribution in [1.82, 2.24) is 15.2 Å². The Labute approximate surface area is 110 Å². The highest BCUT2D eigenvalue weighted by molar-refractivity contribution is 5.23. The Morgan fingerprint density at radius 3 is 2.53 bits per heavy atom. The highest BCUT2D eigenvalue weighted by Gasteiger charge is 2.14. The molecule has 1 aromatic carbocycles. The minimum Gasteiger partial charge on any atom is -0.273 e. The zero-order chi connectivity index (χ0) is 13.8. The minimum absolute atomic E-state index is 0.361. The van der Waals surface area contributed by atoms with E-state index in [9.17, 15) is 8.78 Å². The van der Waals surface area contributed by atoms with Crippen LogP contribution < -0.4 is 11.3 Å². The fraction of sp³-hybridized carbons (Fsp3) is 0.308. The highest BCUT2D eigenvalue weighted by Crippen LogP contribution is 2.19. The van der Waals surface area contributed by atoms with Crippen molar-refractivity contribution in [3.05, 3.63) is 53.4 Å². The lowest BCUT2D eigenvalue weighted by molar-refractivity contribution is 0.530. The third-order valence-corrected chi connectivity index (χ3v) is 2.94. The molecule has 3 N–H and O–H groups in total. The summed E-state index contributed by atoms with van der Waals surface area (Å²) < 4.78 is 28.2. The van der Waals surface area contributed by atoms with Crippen LogP contribution in [0.25, 0.3) is 0 Å². The summed E-state index contributed by atoms with van der Waals surface area (Å²) in [5.74, 6) is 4.25. The lowest BCUT2D eigenvalue weighted by atomic mass is 10.0. The molecule has 0 saturated heterocycles. The minimum atomic E-state index is -0.612. The molecule has 2 rings (SSSR count). The number of nitrogens with zero attached hydrogens (tertiary/aromatic N) is 2. The average molecular weight is 266 g/mol. The van der Waals surface area contributed by atoms with Crippen molar-refractivity contribution < 1.29 is 8.78 Å². The van der Waals surface area contributed by atoms with Crippen LogP contribution >= 0.6 is 0 Å². The molecule has 0 bridgehead atoms. The van der Waals surface area contributed by atoms with Gasteiger partial charge in [0.05, 0.1) is 12.2 Å². The second-order valence-corrected chi connectivity index (χ2v) is 4.33. The Bertz CT molecular complexity index is 533. The lowest BCUT2D eigenvalue weighted by Crippen LogP contribution is -2.29. The van der Waals surface area contributed by atoms with E-state index in [0.717, 1.165) is 18.2 Å². The van der Waals surface area contributed by atoms with Crippen LogP contribution in [0.5, 0.6) is 0 Å². The Kier molecular flexibility index (Phi) is 4.24. The van der Waals surface area contributed by atoms with E-state index < -0.39 is 11.6 Å². The fourth-order valence-corrected chi connectivity index (χ4v) is 1.97. The van der Waals surface area contributed by atoms with Gasteiger partial charge in [0.1, 0.15) is 11.6 Å². The zero-order valence-corrected chi connectivity index (χ0v) is 10.6. The van der Waals surface area contributed by atoms with Crippen molar-refractivity contribution >= 4 is 0 Å². The molecular formula is C13H16F2N4. The Morgan fingerprint density at radius 2 is 2.00 bits per heavy atom. The summed E-state index contributed by atoms with van der Waals surface area (Å²) in [4.78, 5) is 0. The van der Waals surface area contributed by atoms with Gasteiger partial charge in [-0.1, -0.05) is 0 Å². The van der Waals surface area contributed by atoms with Gasteiger partial charge in [-0.3, -0.25) is 16.0 Å². The molecule has 0 aliphatic rings. The van der Waals surface area contributed by atoms with Gasteiger partial charge in [0.25, 0.3) is 0 Å². The summed E-state index contributed by atoms with van der Waals surface area (Å²) in [6.07, 6.45) is 4.13. The van der Waals surface area contributed by atoms with Gasteiger partial charge < -0.3 is 0 Å². The fourth-order valence-electron chi connectivity index (χ4n) is 1.97. The standard InChI is InChI=1S/C13H16F2N4/c1-2-19-8-9(7-17-19)3-13(18-16)10-4-11(14)6-12(15)5-10/h4-8,13,18H,2-3,16H2,1H3. The van der Waals surface area contributed by atoms with E-state index in [2.05, 4.69) is 10.5 Å². The van der Waals surface area contributed by atoms with Gasteiger partial charge in [-0.15, -0.1) is 0 Å². The average Bonchev–Trinajstić information content (AvgIpc) is 2.82. The maximum atomic E-state index is 13.2. The number of benzene rings is 1. The van der Waals surface area contributed by atoms with E-state index in [0.29, 0.717) is 12.0 Å². The predicted molar refractivity (Wildman–Crippen MR) is 68.0 cm³/mol. The number of halogens is 2. The summed E-state index contributed by atoms with van der Waals surface area (Å²) in [5.41, 5.74) is 4.01.